The van der Waals surface area contributed by atoms with Gasteiger partial charge in [0.15, 0.2) is 0 Å². The van der Waals surface area contributed by atoms with Crippen LogP contribution in [0.3, 0.4) is 0 Å². The third kappa shape index (κ3) is 3.60. The summed E-state index contributed by atoms with van der Waals surface area (Å²) in [5, 5.41) is 0.889. The van der Waals surface area contributed by atoms with E-state index in [-0.39, 0.29) is 23.8 Å². The third-order valence-electron chi connectivity index (χ3n) is 6.07. The highest BCUT2D eigenvalue weighted by atomic mass is 32.1. The fraction of sp³-hybridized carbons (Fsp3) is 0.333. The van der Waals surface area contributed by atoms with E-state index in [0.717, 1.165) is 34.7 Å². The van der Waals surface area contributed by atoms with E-state index in [1.54, 1.807) is 23.5 Å². The third-order valence-corrected chi connectivity index (χ3v) is 7.09. The standard InChI is InChI=1S/C24H23FN2O2S/c1-15-26-22(23(30-15)17-5-3-2-4-6-17)24(28)27-19-11-16(12-19)13-20(27)14-29-21-9-7-18(25)8-10-21/h2-10,16,19-20H,11-14H2,1H3/t16?,19?,20-/m1/s1. The molecule has 2 saturated heterocycles. The van der Waals surface area contributed by atoms with Crippen molar-refractivity contribution < 1.29 is 13.9 Å². The van der Waals surface area contributed by atoms with Crippen molar-refractivity contribution in [1.29, 1.82) is 0 Å². The molecule has 1 amide bonds. The summed E-state index contributed by atoms with van der Waals surface area (Å²) in [6.45, 7) is 2.35. The number of thiazole rings is 1. The molecule has 3 aliphatic rings. The maximum Gasteiger partial charge on any atom is 0.274 e. The first-order valence-electron chi connectivity index (χ1n) is 10.3. The summed E-state index contributed by atoms with van der Waals surface area (Å²) in [6.07, 6.45) is 3.05. The lowest BCUT2D eigenvalue weighted by atomic mass is 9.70. The molecule has 154 valence electrons. The van der Waals surface area contributed by atoms with Crippen LogP contribution in [-0.4, -0.2) is 34.5 Å². The van der Waals surface area contributed by atoms with Crippen LogP contribution in [0.15, 0.2) is 54.6 Å². The maximum atomic E-state index is 13.7. The molecule has 1 aromatic heterocycles. The van der Waals surface area contributed by atoms with Crippen LogP contribution in [-0.2, 0) is 0 Å². The van der Waals surface area contributed by atoms with Gasteiger partial charge in [-0.1, -0.05) is 30.3 Å². The van der Waals surface area contributed by atoms with E-state index in [2.05, 4.69) is 4.98 Å². The Hall–Kier alpha value is -2.73. The Morgan fingerprint density at radius 3 is 2.60 bits per heavy atom. The Balaban J connectivity index is 1.40. The van der Waals surface area contributed by atoms with Crippen LogP contribution in [0.1, 0.15) is 34.8 Å². The Bertz CT molecular complexity index is 1040. The van der Waals surface area contributed by atoms with Gasteiger partial charge in [0.1, 0.15) is 23.9 Å². The second-order valence-corrected chi connectivity index (χ2v) is 9.34. The fourth-order valence-corrected chi connectivity index (χ4v) is 5.52. The van der Waals surface area contributed by atoms with Crippen LogP contribution in [0.2, 0.25) is 0 Å². The zero-order valence-electron chi connectivity index (χ0n) is 16.8. The minimum atomic E-state index is -0.287. The van der Waals surface area contributed by atoms with Gasteiger partial charge in [-0.15, -0.1) is 11.3 Å². The van der Waals surface area contributed by atoms with Crippen molar-refractivity contribution in [3.63, 3.8) is 0 Å². The van der Waals surface area contributed by atoms with Crippen LogP contribution < -0.4 is 4.74 Å². The van der Waals surface area contributed by atoms with Gasteiger partial charge >= 0.3 is 0 Å². The van der Waals surface area contributed by atoms with Crippen LogP contribution in [0.25, 0.3) is 10.4 Å². The average Bonchev–Trinajstić information content (AvgIpc) is 3.14. The molecule has 0 radical (unpaired) electrons. The number of halogens is 1. The van der Waals surface area contributed by atoms with Gasteiger partial charge in [0.25, 0.3) is 5.91 Å². The summed E-state index contributed by atoms with van der Waals surface area (Å²) in [5.74, 6) is 0.989. The molecular weight excluding hydrogens is 399 g/mol. The van der Waals surface area contributed by atoms with E-state index in [1.165, 1.54) is 12.1 Å². The smallest absolute Gasteiger partial charge is 0.274 e. The molecule has 4 nitrogen and oxygen atoms in total. The number of carbonyl (C=O) groups is 1. The predicted molar refractivity (Wildman–Crippen MR) is 115 cm³/mol. The topological polar surface area (TPSA) is 42.4 Å². The second-order valence-electron chi connectivity index (χ2n) is 8.13. The number of aryl methyl sites for hydroxylation is 1. The predicted octanol–water partition coefficient (Wildman–Crippen LogP) is 5.33. The summed E-state index contributed by atoms with van der Waals surface area (Å²) in [4.78, 5) is 21.2. The lowest BCUT2D eigenvalue weighted by Gasteiger charge is -2.53. The highest BCUT2D eigenvalue weighted by Gasteiger charge is 2.47. The molecule has 6 rings (SSSR count). The molecule has 2 bridgehead atoms. The van der Waals surface area contributed by atoms with Crippen molar-refractivity contribution in [2.45, 2.75) is 38.3 Å². The van der Waals surface area contributed by atoms with Gasteiger partial charge in [-0.05, 0) is 61.9 Å². The summed E-state index contributed by atoms with van der Waals surface area (Å²) in [6, 6.07) is 16.3. The van der Waals surface area contributed by atoms with Gasteiger partial charge in [-0.2, -0.15) is 0 Å². The molecule has 3 aromatic rings. The summed E-state index contributed by atoms with van der Waals surface area (Å²) >= 11 is 1.56. The number of hydrogen-bond donors (Lipinski definition) is 0. The van der Waals surface area contributed by atoms with Gasteiger partial charge in [-0.3, -0.25) is 4.79 Å². The minimum Gasteiger partial charge on any atom is -0.491 e. The first-order chi connectivity index (χ1) is 14.6. The number of fused-ring (bicyclic) bond motifs is 2. The number of ether oxygens (including phenoxy) is 1. The number of piperidine rings is 2. The van der Waals surface area contributed by atoms with Gasteiger partial charge in [0.2, 0.25) is 0 Å². The minimum absolute atomic E-state index is 0.00526. The van der Waals surface area contributed by atoms with Crippen LogP contribution in [0.5, 0.6) is 5.75 Å². The SMILES string of the molecule is Cc1nc(C(=O)N2C3CC(C3)C[C@@H]2COc2ccc(F)cc2)c(-c2ccccc2)s1. The molecule has 2 aromatic carbocycles. The zero-order chi connectivity index (χ0) is 20.7. The van der Waals surface area contributed by atoms with E-state index in [0.29, 0.717) is 24.0 Å². The molecule has 1 atom stereocenters. The van der Waals surface area contributed by atoms with Gasteiger partial charge in [0, 0.05) is 6.04 Å². The molecule has 6 heteroatoms. The lowest BCUT2D eigenvalue weighted by molar-refractivity contribution is -0.0308. The highest BCUT2D eigenvalue weighted by Crippen LogP contribution is 2.44. The van der Waals surface area contributed by atoms with Crippen LogP contribution in [0.4, 0.5) is 4.39 Å². The lowest BCUT2D eigenvalue weighted by Crippen LogP contribution is -2.60. The van der Waals surface area contributed by atoms with E-state index < -0.39 is 0 Å². The first kappa shape index (κ1) is 19.2. The monoisotopic (exact) mass is 422 g/mol. The maximum absolute atomic E-state index is 13.7. The molecule has 3 heterocycles. The number of aromatic nitrogens is 1. The average molecular weight is 423 g/mol. The Morgan fingerprint density at radius 2 is 1.87 bits per heavy atom. The summed E-state index contributed by atoms with van der Waals surface area (Å²) in [5.41, 5.74) is 1.56. The van der Waals surface area contributed by atoms with Crippen molar-refractivity contribution >= 4 is 17.2 Å². The van der Waals surface area contributed by atoms with Crippen molar-refractivity contribution in [3.8, 4) is 16.2 Å². The first-order valence-corrected chi connectivity index (χ1v) is 11.1. The largest absolute Gasteiger partial charge is 0.491 e. The number of rotatable bonds is 5. The van der Waals surface area contributed by atoms with Gasteiger partial charge in [-0.25, -0.2) is 9.37 Å². The summed E-state index contributed by atoms with van der Waals surface area (Å²) < 4.78 is 19.1. The highest BCUT2D eigenvalue weighted by molar-refractivity contribution is 7.15. The Morgan fingerprint density at radius 1 is 1.13 bits per heavy atom. The zero-order valence-corrected chi connectivity index (χ0v) is 17.6. The molecular formula is C24H23FN2O2S. The fourth-order valence-electron chi connectivity index (χ4n) is 4.60. The van der Waals surface area contributed by atoms with Gasteiger partial charge in [0.05, 0.1) is 15.9 Å². The quantitative estimate of drug-likeness (QED) is 0.558. The van der Waals surface area contributed by atoms with Crippen molar-refractivity contribution in [2.75, 3.05) is 6.61 Å². The number of carbonyl (C=O) groups excluding carboxylic acids is 1. The molecule has 1 aliphatic carbocycles. The number of hydrogen-bond acceptors (Lipinski definition) is 4. The summed E-state index contributed by atoms with van der Waals surface area (Å²) in [7, 11) is 0. The number of nitrogens with zero attached hydrogens (tertiary/aromatic N) is 2. The number of amides is 1. The molecule has 1 saturated carbocycles. The molecule has 0 spiro atoms. The molecule has 0 unspecified atom stereocenters. The van der Waals surface area contributed by atoms with E-state index >= 15 is 0 Å². The van der Waals surface area contributed by atoms with Gasteiger partial charge < -0.3 is 9.64 Å². The van der Waals surface area contributed by atoms with Crippen molar-refractivity contribution in [2.24, 2.45) is 5.92 Å². The Labute approximate surface area is 179 Å². The molecule has 3 fully saturated rings. The van der Waals surface area contributed by atoms with E-state index in [4.69, 9.17) is 4.74 Å². The Kier molecular flexibility index (Phi) is 5.03. The van der Waals surface area contributed by atoms with Crippen molar-refractivity contribution in [1.82, 2.24) is 9.88 Å². The second kappa shape index (κ2) is 7.84. The molecule has 0 N–H and O–H groups in total. The molecule has 30 heavy (non-hydrogen) atoms. The normalized spacial score (nSPS) is 22.5. The van der Waals surface area contributed by atoms with E-state index in [9.17, 15) is 9.18 Å². The number of benzene rings is 2. The van der Waals surface area contributed by atoms with Crippen LogP contribution >= 0.6 is 11.3 Å². The van der Waals surface area contributed by atoms with E-state index in [1.807, 2.05) is 42.2 Å². The van der Waals surface area contributed by atoms with Crippen LogP contribution in [0, 0.1) is 18.7 Å². The molecule has 2 aliphatic heterocycles. The van der Waals surface area contributed by atoms with Crippen molar-refractivity contribution in [3.05, 3.63) is 71.1 Å².